The number of ether oxygens (including phenoxy) is 1. The van der Waals surface area contributed by atoms with Crippen LogP contribution in [0.5, 0.6) is 5.75 Å². The van der Waals surface area contributed by atoms with Crippen LogP contribution in [0.2, 0.25) is 5.02 Å². The summed E-state index contributed by atoms with van der Waals surface area (Å²) in [6.07, 6.45) is 0.596. The minimum atomic E-state index is -0.398. The van der Waals surface area contributed by atoms with Gasteiger partial charge in [-0.15, -0.1) is 0 Å². The van der Waals surface area contributed by atoms with Gasteiger partial charge in [0.25, 0.3) is 11.5 Å². The molecule has 0 fully saturated rings. The van der Waals surface area contributed by atoms with E-state index in [0.29, 0.717) is 47.0 Å². The van der Waals surface area contributed by atoms with Gasteiger partial charge in [0.2, 0.25) is 0 Å². The monoisotopic (exact) mass is 517 g/mol. The van der Waals surface area contributed by atoms with Crippen molar-refractivity contribution in [1.82, 2.24) is 14.5 Å². The van der Waals surface area contributed by atoms with E-state index in [1.165, 1.54) is 0 Å². The van der Waals surface area contributed by atoms with Crippen molar-refractivity contribution in [3.8, 4) is 5.75 Å². The van der Waals surface area contributed by atoms with E-state index in [4.69, 9.17) is 21.3 Å². The molecule has 0 aliphatic rings. The van der Waals surface area contributed by atoms with Gasteiger partial charge in [-0.3, -0.25) is 14.2 Å². The number of hydrogen-bond donors (Lipinski definition) is 0. The molecule has 0 aliphatic heterocycles. The lowest BCUT2D eigenvalue weighted by Crippen LogP contribution is -2.43. The van der Waals surface area contributed by atoms with Gasteiger partial charge in [0.15, 0.2) is 6.61 Å². The maximum atomic E-state index is 13.7. The lowest BCUT2D eigenvalue weighted by atomic mass is 10.1. The van der Waals surface area contributed by atoms with E-state index >= 15 is 0 Å². The number of carbonyl (C=O) groups is 1. The molecule has 1 heterocycles. The fourth-order valence-electron chi connectivity index (χ4n) is 4.46. The smallest absolute Gasteiger partial charge is 0.261 e. The lowest BCUT2D eigenvalue weighted by molar-refractivity contribution is -0.137. The van der Waals surface area contributed by atoms with Gasteiger partial charge < -0.3 is 9.64 Å². The SMILES string of the molecule is CCC(c1nc2ccccc2c(=O)n1Cc1ccccc1)N(CC(C)C)C(=O)COc1ccc(Cl)cc1. The summed E-state index contributed by atoms with van der Waals surface area (Å²) in [7, 11) is 0. The van der Waals surface area contributed by atoms with Gasteiger partial charge in [-0.25, -0.2) is 4.98 Å². The predicted octanol–water partition coefficient (Wildman–Crippen LogP) is 6.11. The highest BCUT2D eigenvalue weighted by Crippen LogP contribution is 2.26. The van der Waals surface area contributed by atoms with Crippen molar-refractivity contribution in [1.29, 1.82) is 0 Å². The average Bonchev–Trinajstić information content (AvgIpc) is 2.90. The van der Waals surface area contributed by atoms with Crippen molar-refractivity contribution in [3.05, 3.63) is 106 Å². The number of rotatable bonds is 10. The molecular formula is C30H32ClN3O3. The third kappa shape index (κ3) is 6.38. The van der Waals surface area contributed by atoms with Crippen molar-refractivity contribution in [3.63, 3.8) is 0 Å². The Morgan fingerprint density at radius 3 is 2.35 bits per heavy atom. The number of carbonyl (C=O) groups excluding carboxylic acids is 1. The van der Waals surface area contributed by atoms with Crippen LogP contribution in [0.15, 0.2) is 83.7 Å². The summed E-state index contributed by atoms with van der Waals surface area (Å²) in [5.74, 6) is 1.20. The Bertz CT molecular complexity index is 1400. The molecule has 192 valence electrons. The molecular weight excluding hydrogens is 486 g/mol. The van der Waals surface area contributed by atoms with Crippen LogP contribution < -0.4 is 10.3 Å². The summed E-state index contributed by atoms with van der Waals surface area (Å²) in [6.45, 7) is 6.90. The third-order valence-corrected chi connectivity index (χ3v) is 6.45. The largest absolute Gasteiger partial charge is 0.484 e. The summed E-state index contributed by atoms with van der Waals surface area (Å²) in [5, 5.41) is 1.16. The van der Waals surface area contributed by atoms with Crippen LogP contribution in [0.3, 0.4) is 0 Å². The molecule has 0 saturated heterocycles. The number of fused-ring (bicyclic) bond motifs is 1. The van der Waals surface area contributed by atoms with Gasteiger partial charge in [-0.2, -0.15) is 0 Å². The Morgan fingerprint density at radius 2 is 1.68 bits per heavy atom. The number of benzene rings is 3. The first-order valence-electron chi connectivity index (χ1n) is 12.6. The molecule has 7 heteroatoms. The number of aromatic nitrogens is 2. The van der Waals surface area contributed by atoms with Crippen LogP contribution in [0.1, 0.15) is 44.6 Å². The zero-order valence-corrected chi connectivity index (χ0v) is 22.2. The Morgan fingerprint density at radius 1 is 1.00 bits per heavy atom. The average molecular weight is 518 g/mol. The second-order valence-corrected chi connectivity index (χ2v) is 9.91. The number of nitrogens with zero attached hydrogens (tertiary/aromatic N) is 3. The van der Waals surface area contributed by atoms with Gasteiger partial charge in [-0.05, 0) is 54.3 Å². The van der Waals surface area contributed by atoms with Crippen molar-refractivity contribution in [2.45, 2.75) is 39.8 Å². The van der Waals surface area contributed by atoms with Gasteiger partial charge in [0, 0.05) is 11.6 Å². The molecule has 1 aromatic heterocycles. The first-order chi connectivity index (χ1) is 17.9. The highest BCUT2D eigenvalue weighted by atomic mass is 35.5. The Hall–Kier alpha value is -3.64. The second-order valence-electron chi connectivity index (χ2n) is 9.47. The first kappa shape index (κ1) is 26.4. The molecule has 4 rings (SSSR count). The van der Waals surface area contributed by atoms with Crippen molar-refractivity contribution >= 4 is 28.4 Å². The molecule has 0 N–H and O–H groups in total. The summed E-state index contributed by atoms with van der Waals surface area (Å²) in [4.78, 5) is 34.0. The van der Waals surface area contributed by atoms with E-state index < -0.39 is 6.04 Å². The standard InChI is InChI=1S/C30H32ClN3O3/c1-4-27(33(18-21(2)3)28(35)20-37-24-16-14-23(31)15-17-24)29-32-26-13-9-8-12-25(26)30(36)34(29)19-22-10-6-5-7-11-22/h5-17,21,27H,4,18-20H2,1-3H3. The molecule has 0 bridgehead atoms. The van der Waals surface area contributed by atoms with E-state index in [0.717, 1.165) is 5.56 Å². The Labute approximate surface area is 222 Å². The summed E-state index contributed by atoms with van der Waals surface area (Å²) >= 11 is 5.97. The number of para-hydroxylation sites is 1. The number of amides is 1. The van der Waals surface area contributed by atoms with E-state index in [1.807, 2.05) is 55.5 Å². The maximum absolute atomic E-state index is 13.7. The van der Waals surface area contributed by atoms with Crippen LogP contribution in [0, 0.1) is 5.92 Å². The highest BCUT2D eigenvalue weighted by Gasteiger charge is 2.29. The summed E-state index contributed by atoms with van der Waals surface area (Å²) in [5.41, 5.74) is 1.50. The van der Waals surface area contributed by atoms with Gasteiger partial charge >= 0.3 is 0 Å². The van der Waals surface area contributed by atoms with E-state index in [2.05, 4.69) is 13.8 Å². The van der Waals surface area contributed by atoms with Gasteiger partial charge in [0.1, 0.15) is 11.6 Å². The molecule has 0 saturated carbocycles. The number of halogens is 1. The first-order valence-corrected chi connectivity index (χ1v) is 13.0. The molecule has 4 aromatic rings. The van der Waals surface area contributed by atoms with E-state index in [1.54, 1.807) is 39.8 Å². The minimum absolute atomic E-state index is 0.114. The molecule has 1 unspecified atom stereocenters. The lowest BCUT2D eigenvalue weighted by Gasteiger charge is -2.33. The van der Waals surface area contributed by atoms with Crippen LogP contribution in [-0.4, -0.2) is 33.5 Å². The summed E-state index contributed by atoms with van der Waals surface area (Å²) in [6, 6.07) is 23.7. The molecule has 1 amide bonds. The minimum Gasteiger partial charge on any atom is -0.484 e. The fraction of sp³-hybridized carbons (Fsp3) is 0.300. The van der Waals surface area contributed by atoms with Crippen molar-refractivity contribution in [2.75, 3.05) is 13.2 Å². The van der Waals surface area contributed by atoms with E-state index in [9.17, 15) is 9.59 Å². The van der Waals surface area contributed by atoms with Crippen LogP contribution in [-0.2, 0) is 11.3 Å². The van der Waals surface area contributed by atoms with Gasteiger partial charge in [0.05, 0.1) is 23.5 Å². The fourth-order valence-corrected chi connectivity index (χ4v) is 4.58. The normalized spacial score (nSPS) is 12.0. The predicted molar refractivity (Wildman–Crippen MR) is 148 cm³/mol. The molecule has 6 nitrogen and oxygen atoms in total. The number of hydrogen-bond acceptors (Lipinski definition) is 4. The summed E-state index contributed by atoms with van der Waals surface area (Å²) < 4.78 is 7.51. The zero-order valence-electron chi connectivity index (χ0n) is 21.4. The highest BCUT2D eigenvalue weighted by molar-refractivity contribution is 6.30. The van der Waals surface area contributed by atoms with Crippen LogP contribution in [0.25, 0.3) is 10.9 Å². The van der Waals surface area contributed by atoms with Crippen LogP contribution >= 0.6 is 11.6 Å². The third-order valence-electron chi connectivity index (χ3n) is 6.19. The second kappa shape index (κ2) is 12.1. The molecule has 37 heavy (non-hydrogen) atoms. The molecule has 0 spiro atoms. The molecule has 3 aromatic carbocycles. The topological polar surface area (TPSA) is 64.4 Å². The quantitative estimate of drug-likeness (QED) is 0.254. The molecule has 0 radical (unpaired) electrons. The Kier molecular flexibility index (Phi) is 8.62. The van der Waals surface area contributed by atoms with Crippen molar-refractivity contribution < 1.29 is 9.53 Å². The zero-order chi connectivity index (χ0) is 26.4. The van der Waals surface area contributed by atoms with Gasteiger partial charge in [-0.1, -0.05) is 74.8 Å². The van der Waals surface area contributed by atoms with E-state index in [-0.39, 0.29) is 24.0 Å². The molecule has 0 aliphatic carbocycles. The molecule has 1 atom stereocenters. The van der Waals surface area contributed by atoms with Crippen LogP contribution in [0.4, 0.5) is 0 Å². The maximum Gasteiger partial charge on any atom is 0.261 e. The Balaban J connectivity index is 1.75. The van der Waals surface area contributed by atoms with Crippen molar-refractivity contribution in [2.24, 2.45) is 5.92 Å².